The van der Waals surface area contributed by atoms with Gasteiger partial charge < -0.3 is 5.11 Å². The Hall–Kier alpha value is -0.830. The van der Waals surface area contributed by atoms with Gasteiger partial charge in [0.15, 0.2) is 0 Å². The van der Waals surface area contributed by atoms with Gasteiger partial charge in [0.25, 0.3) is 0 Å². The molecule has 2 atom stereocenters. The van der Waals surface area contributed by atoms with E-state index in [1.807, 2.05) is 13.8 Å². The van der Waals surface area contributed by atoms with Crippen LogP contribution in [0.25, 0.3) is 0 Å². The van der Waals surface area contributed by atoms with Crippen LogP contribution >= 0.6 is 0 Å². The lowest BCUT2D eigenvalue weighted by Gasteiger charge is -2.16. The second-order valence-corrected chi connectivity index (χ2v) is 5.61. The van der Waals surface area contributed by atoms with Crippen LogP contribution in [0.3, 0.4) is 0 Å². The van der Waals surface area contributed by atoms with Crippen molar-refractivity contribution in [1.82, 2.24) is 9.78 Å². The third-order valence-corrected chi connectivity index (χ3v) is 4.13. The monoisotopic (exact) mass is 266 g/mol. The van der Waals surface area contributed by atoms with Gasteiger partial charge in [0.2, 0.25) is 0 Å². The van der Waals surface area contributed by atoms with Gasteiger partial charge >= 0.3 is 0 Å². The summed E-state index contributed by atoms with van der Waals surface area (Å²) in [7, 11) is 0. The summed E-state index contributed by atoms with van der Waals surface area (Å²) < 4.78 is 2.10. The van der Waals surface area contributed by atoms with Gasteiger partial charge in [-0.05, 0) is 32.6 Å². The van der Waals surface area contributed by atoms with Crippen molar-refractivity contribution in [1.29, 1.82) is 0 Å². The molecule has 19 heavy (non-hydrogen) atoms. The minimum Gasteiger partial charge on any atom is -0.388 e. The zero-order valence-electron chi connectivity index (χ0n) is 13.2. The summed E-state index contributed by atoms with van der Waals surface area (Å²) in [4.78, 5) is 0. The normalized spacial score (nSPS) is 14.6. The van der Waals surface area contributed by atoms with Crippen LogP contribution in [0.4, 0.5) is 0 Å². The average molecular weight is 266 g/mol. The van der Waals surface area contributed by atoms with Gasteiger partial charge in [-0.3, -0.25) is 4.68 Å². The van der Waals surface area contributed by atoms with Crippen molar-refractivity contribution in [3.8, 4) is 0 Å². The predicted octanol–water partition coefficient (Wildman–Crippen LogP) is 4.16. The van der Waals surface area contributed by atoms with E-state index >= 15 is 0 Å². The molecule has 0 aromatic carbocycles. The molecule has 0 bridgehead atoms. The fourth-order valence-corrected chi connectivity index (χ4v) is 2.74. The van der Waals surface area contributed by atoms with E-state index in [2.05, 4.69) is 30.6 Å². The number of hydrogen-bond donors (Lipinski definition) is 1. The van der Waals surface area contributed by atoms with E-state index in [-0.39, 0.29) is 6.10 Å². The van der Waals surface area contributed by atoms with Gasteiger partial charge in [0, 0.05) is 17.8 Å². The number of aromatic nitrogens is 2. The zero-order chi connectivity index (χ0) is 14.4. The molecule has 110 valence electrons. The second kappa shape index (κ2) is 7.68. The van der Waals surface area contributed by atoms with Gasteiger partial charge in [0.05, 0.1) is 11.8 Å². The van der Waals surface area contributed by atoms with Crippen molar-refractivity contribution in [2.75, 3.05) is 0 Å². The molecular formula is C16H30N2O. The van der Waals surface area contributed by atoms with Gasteiger partial charge in [-0.25, -0.2) is 0 Å². The van der Waals surface area contributed by atoms with E-state index in [1.54, 1.807) is 0 Å². The lowest BCUT2D eigenvalue weighted by Crippen LogP contribution is -2.13. The number of aliphatic hydroxyl groups is 1. The molecule has 0 spiro atoms. The van der Waals surface area contributed by atoms with Crippen LogP contribution in [0, 0.1) is 19.8 Å². The quantitative estimate of drug-likeness (QED) is 0.767. The Labute approximate surface area is 118 Å². The summed E-state index contributed by atoms with van der Waals surface area (Å²) in [5.41, 5.74) is 3.16. The highest BCUT2D eigenvalue weighted by Crippen LogP contribution is 2.25. The van der Waals surface area contributed by atoms with Gasteiger partial charge in [0.1, 0.15) is 0 Å². The molecule has 0 aliphatic rings. The first-order valence-corrected chi connectivity index (χ1v) is 7.76. The molecule has 1 aromatic rings. The van der Waals surface area contributed by atoms with Crippen molar-refractivity contribution in [2.45, 2.75) is 79.4 Å². The lowest BCUT2D eigenvalue weighted by molar-refractivity contribution is 0.172. The molecule has 0 saturated heterocycles. The second-order valence-electron chi connectivity index (χ2n) is 5.61. The van der Waals surface area contributed by atoms with Crippen LogP contribution < -0.4 is 0 Å². The predicted molar refractivity (Wildman–Crippen MR) is 80.3 cm³/mol. The summed E-state index contributed by atoms with van der Waals surface area (Å²) in [6.45, 7) is 11.6. The Morgan fingerprint density at radius 3 is 2.37 bits per heavy atom. The third kappa shape index (κ3) is 4.07. The van der Waals surface area contributed by atoms with Crippen molar-refractivity contribution in [2.24, 2.45) is 5.92 Å². The summed E-state index contributed by atoms with van der Waals surface area (Å²) in [5.74, 6) is 0.699. The molecular weight excluding hydrogens is 236 g/mol. The first kappa shape index (κ1) is 16.2. The summed E-state index contributed by atoms with van der Waals surface area (Å²) in [6.07, 6.45) is 5.40. The van der Waals surface area contributed by atoms with Crippen LogP contribution in [0.1, 0.15) is 75.9 Å². The number of rotatable bonds is 8. The molecule has 3 nitrogen and oxygen atoms in total. The van der Waals surface area contributed by atoms with Crippen LogP contribution in [-0.2, 0) is 6.54 Å². The molecule has 0 saturated carbocycles. The molecule has 1 aromatic heterocycles. The van der Waals surface area contributed by atoms with Gasteiger partial charge in [-0.15, -0.1) is 0 Å². The fraction of sp³-hybridized carbons (Fsp3) is 0.812. The highest BCUT2D eigenvalue weighted by atomic mass is 16.3. The zero-order valence-corrected chi connectivity index (χ0v) is 13.2. The smallest absolute Gasteiger partial charge is 0.0823 e. The van der Waals surface area contributed by atoms with Crippen LogP contribution in [0.2, 0.25) is 0 Å². The number of nitrogens with zero attached hydrogens (tertiary/aromatic N) is 2. The minimum atomic E-state index is -0.371. The largest absolute Gasteiger partial charge is 0.388 e. The van der Waals surface area contributed by atoms with Crippen LogP contribution in [-0.4, -0.2) is 14.9 Å². The Morgan fingerprint density at radius 1 is 1.16 bits per heavy atom. The van der Waals surface area contributed by atoms with Crippen molar-refractivity contribution in [3.05, 3.63) is 17.0 Å². The molecule has 1 heterocycles. The molecule has 1 rings (SSSR count). The summed E-state index contributed by atoms with van der Waals surface area (Å²) >= 11 is 0. The number of aliphatic hydroxyl groups excluding tert-OH is 1. The SMILES string of the molecule is CCCCC(CC)Cn1nc(C)c(C(O)CC)c1C. The molecule has 0 aliphatic carbocycles. The van der Waals surface area contributed by atoms with E-state index in [4.69, 9.17) is 0 Å². The number of unbranched alkanes of at least 4 members (excludes halogenated alkanes) is 1. The Kier molecular flexibility index (Phi) is 6.56. The van der Waals surface area contributed by atoms with Crippen molar-refractivity contribution in [3.63, 3.8) is 0 Å². The van der Waals surface area contributed by atoms with Gasteiger partial charge in [-0.1, -0.05) is 40.0 Å². The Bertz CT molecular complexity index is 384. The van der Waals surface area contributed by atoms with Crippen molar-refractivity contribution < 1.29 is 5.11 Å². The summed E-state index contributed by atoms with van der Waals surface area (Å²) in [6, 6.07) is 0. The maximum Gasteiger partial charge on any atom is 0.0823 e. The highest BCUT2D eigenvalue weighted by Gasteiger charge is 2.19. The lowest BCUT2D eigenvalue weighted by atomic mass is 9.99. The van der Waals surface area contributed by atoms with Gasteiger partial charge in [-0.2, -0.15) is 5.10 Å². The van der Waals surface area contributed by atoms with E-state index in [0.717, 1.165) is 29.9 Å². The Morgan fingerprint density at radius 2 is 1.84 bits per heavy atom. The minimum absolute atomic E-state index is 0.371. The van der Waals surface area contributed by atoms with E-state index < -0.39 is 0 Å². The highest BCUT2D eigenvalue weighted by molar-refractivity contribution is 5.26. The van der Waals surface area contributed by atoms with Crippen molar-refractivity contribution >= 4 is 0 Å². The van der Waals surface area contributed by atoms with Crippen LogP contribution in [0.5, 0.6) is 0 Å². The topological polar surface area (TPSA) is 38.0 Å². The standard InChI is InChI=1S/C16H30N2O/c1-6-9-10-14(7-2)11-18-13(5)16(12(4)17-18)15(19)8-3/h14-15,19H,6-11H2,1-5H3. The molecule has 1 N–H and O–H groups in total. The molecule has 0 aliphatic heterocycles. The number of aryl methyl sites for hydroxylation is 1. The average Bonchev–Trinajstić information content (AvgIpc) is 2.68. The first-order chi connectivity index (χ1) is 9.04. The Balaban J connectivity index is 2.84. The maximum absolute atomic E-state index is 10.1. The maximum atomic E-state index is 10.1. The number of hydrogen-bond acceptors (Lipinski definition) is 2. The van der Waals surface area contributed by atoms with E-state index in [0.29, 0.717) is 5.92 Å². The summed E-state index contributed by atoms with van der Waals surface area (Å²) in [5, 5.41) is 14.7. The third-order valence-electron chi connectivity index (χ3n) is 4.13. The molecule has 2 unspecified atom stereocenters. The fourth-order valence-electron chi connectivity index (χ4n) is 2.74. The molecule has 3 heteroatoms. The van der Waals surface area contributed by atoms with E-state index in [1.165, 1.54) is 25.7 Å². The molecule has 0 radical (unpaired) electrons. The van der Waals surface area contributed by atoms with E-state index in [9.17, 15) is 5.11 Å². The van der Waals surface area contributed by atoms with Crippen LogP contribution in [0.15, 0.2) is 0 Å². The first-order valence-electron chi connectivity index (χ1n) is 7.76. The molecule has 0 amide bonds. The molecule has 0 fully saturated rings.